The third-order valence-corrected chi connectivity index (χ3v) is 5.41. The molecule has 0 aliphatic heterocycles. The van der Waals surface area contributed by atoms with Crippen molar-refractivity contribution in [2.75, 3.05) is 44.6 Å². The number of rotatable bonds is 12. The molecular weight excluding hydrogens is 487 g/mol. The van der Waals surface area contributed by atoms with Crippen LogP contribution in [0.15, 0.2) is 59.8 Å². The predicted molar refractivity (Wildman–Crippen MR) is 126 cm³/mol. The van der Waals surface area contributed by atoms with E-state index >= 15 is 0 Å². The van der Waals surface area contributed by atoms with Crippen molar-refractivity contribution in [1.82, 2.24) is 14.7 Å². The molecule has 188 valence electrons. The summed E-state index contributed by atoms with van der Waals surface area (Å²) < 4.78 is 68.1. The summed E-state index contributed by atoms with van der Waals surface area (Å²) in [6.45, 7) is -0.562. The van der Waals surface area contributed by atoms with E-state index in [1.54, 1.807) is 37.4 Å². The molecule has 0 radical (unpaired) electrons. The van der Waals surface area contributed by atoms with Gasteiger partial charge in [-0.25, -0.2) is 18.9 Å². The van der Waals surface area contributed by atoms with E-state index in [0.29, 0.717) is 29.7 Å². The highest BCUT2D eigenvalue weighted by molar-refractivity contribution is 7.83. The van der Waals surface area contributed by atoms with Gasteiger partial charge in [-0.3, -0.25) is 0 Å². The fourth-order valence-electron chi connectivity index (χ4n) is 2.78. The Morgan fingerprint density at radius 2 is 1.66 bits per heavy atom. The van der Waals surface area contributed by atoms with Gasteiger partial charge in [0.05, 0.1) is 17.2 Å². The molecular formula is C22H24F3N5O4S. The molecule has 1 unspecified atom stereocenters. The molecule has 1 heterocycles. The van der Waals surface area contributed by atoms with Gasteiger partial charge in [-0.1, -0.05) is 0 Å². The van der Waals surface area contributed by atoms with E-state index in [0.717, 1.165) is 5.69 Å². The Morgan fingerprint density at radius 1 is 0.943 bits per heavy atom. The van der Waals surface area contributed by atoms with Crippen molar-refractivity contribution in [3.63, 3.8) is 0 Å². The van der Waals surface area contributed by atoms with E-state index in [9.17, 15) is 17.4 Å². The maximum absolute atomic E-state index is 12.7. The number of hydrogen-bond donors (Lipinski definition) is 3. The van der Waals surface area contributed by atoms with Crippen molar-refractivity contribution in [3.8, 4) is 11.5 Å². The van der Waals surface area contributed by atoms with E-state index in [4.69, 9.17) is 14.2 Å². The van der Waals surface area contributed by atoms with Crippen molar-refractivity contribution in [2.24, 2.45) is 0 Å². The molecule has 0 aliphatic rings. The highest BCUT2D eigenvalue weighted by Gasteiger charge is 2.29. The Labute approximate surface area is 202 Å². The quantitative estimate of drug-likeness (QED) is 0.311. The normalized spacial score (nSPS) is 12.1. The van der Waals surface area contributed by atoms with Crippen molar-refractivity contribution >= 4 is 34.0 Å². The lowest BCUT2D eigenvalue weighted by atomic mass is 10.3. The first kappa shape index (κ1) is 26.2. The second kappa shape index (κ2) is 12.3. The van der Waals surface area contributed by atoms with Crippen molar-refractivity contribution in [3.05, 3.63) is 54.9 Å². The van der Waals surface area contributed by atoms with Crippen LogP contribution in [0.5, 0.6) is 11.5 Å². The molecule has 0 spiro atoms. The molecule has 1 atom stereocenters. The first-order valence-electron chi connectivity index (χ1n) is 10.3. The van der Waals surface area contributed by atoms with Gasteiger partial charge in [-0.05, 0) is 49.5 Å². The molecule has 13 heteroatoms. The second-order valence-corrected chi connectivity index (χ2v) is 8.36. The summed E-state index contributed by atoms with van der Waals surface area (Å²) in [5, 5.41) is 6.03. The van der Waals surface area contributed by atoms with Gasteiger partial charge in [0.15, 0.2) is 6.61 Å². The van der Waals surface area contributed by atoms with E-state index in [1.807, 2.05) is 0 Å². The number of hydrogen-bond acceptors (Lipinski definition) is 8. The molecule has 35 heavy (non-hydrogen) atoms. The third kappa shape index (κ3) is 8.38. The van der Waals surface area contributed by atoms with Gasteiger partial charge in [-0.15, -0.1) is 0 Å². The molecule has 0 saturated heterocycles. The van der Waals surface area contributed by atoms with Crippen LogP contribution in [-0.2, 0) is 15.7 Å². The van der Waals surface area contributed by atoms with Crippen LogP contribution in [0.3, 0.4) is 0 Å². The first-order chi connectivity index (χ1) is 16.8. The summed E-state index contributed by atoms with van der Waals surface area (Å²) in [5.74, 6) is 1.33. The van der Waals surface area contributed by atoms with E-state index in [2.05, 4.69) is 25.3 Å². The SMILES string of the molecule is CNS(=O)c1ccc(OCC(F)(F)F)c(Nc2cc(Nc3ccc(OCCOC)cc3)ncn2)c1. The summed E-state index contributed by atoms with van der Waals surface area (Å²) in [5.41, 5.74) is 0.895. The van der Waals surface area contributed by atoms with Crippen LogP contribution in [0.4, 0.5) is 36.2 Å². The lowest BCUT2D eigenvalue weighted by Crippen LogP contribution is -2.19. The number of aromatic nitrogens is 2. The number of nitrogens with one attached hydrogen (secondary N) is 3. The van der Waals surface area contributed by atoms with Gasteiger partial charge in [0.1, 0.15) is 47.1 Å². The lowest BCUT2D eigenvalue weighted by molar-refractivity contribution is -0.153. The van der Waals surface area contributed by atoms with E-state index in [-0.39, 0.29) is 17.3 Å². The molecule has 2 aromatic carbocycles. The average Bonchev–Trinajstić information content (AvgIpc) is 2.83. The highest BCUT2D eigenvalue weighted by atomic mass is 32.2. The van der Waals surface area contributed by atoms with Crippen LogP contribution in [0.2, 0.25) is 0 Å². The van der Waals surface area contributed by atoms with Crippen molar-refractivity contribution in [1.29, 1.82) is 0 Å². The Bertz CT molecular complexity index is 1130. The molecule has 1 aromatic heterocycles. The monoisotopic (exact) mass is 511 g/mol. The first-order valence-corrected chi connectivity index (χ1v) is 11.4. The zero-order valence-electron chi connectivity index (χ0n) is 18.9. The molecule has 3 aromatic rings. The molecule has 3 rings (SSSR count). The highest BCUT2D eigenvalue weighted by Crippen LogP contribution is 2.31. The second-order valence-electron chi connectivity index (χ2n) is 6.94. The summed E-state index contributed by atoms with van der Waals surface area (Å²) in [6, 6.07) is 12.9. The smallest absolute Gasteiger partial charge is 0.422 e. The summed E-state index contributed by atoms with van der Waals surface area (Å²) in [7, 11) is 1.54. The van der Waals surface area contributed by atoms with Crippen molar-refractivity contribution < 1.29 is 31.6 Å². The minimum Gasteiger partial charge on any atom is -0.491 e. The maximum Gasteiger partial charge on any atom is 0.422 e. The predicted octanol–water partition coefficient (Wildman–Crippen LogP) is 4.17. The molecule has 9 nitrogen and oxygen atoms in total. The minimum atomic E-state index is -4.51. The Hall–Kier alpha value is -3.42. The van der Waals surface area contributed by atoms with Crippen LogP contribution >= 0.6 is 0 Å². The molecule has 0 saturated carbocycles. The number of ether oxygens (including phenoxy) is 3. The van der Waals surface area contributed by atoms with Crippen molar-refractivity contribution in [2.45, 2.75) is 11.1 Å². The molecule has 0 amide bonds. The zero-order valence-corrected chi connectivity index (χ0v) is 19.7. The van der Waals surface area contributed by atoms with Gasteiger partial charge >= 0.3 is 6.18 Å². The van der Waals surface area contributed by atoms with Gasteiger partial charge in [0.2, 0.25) is 0 Å². The third-order valence-electron chi connectivity index (χ3n) is 4.35. The number of anilines is 4. The number of halogens is 3. The fraction of sp³-hybridized carbons (Fsp3) is 0.273. The van der Waals surface area contributed by atoms with E-state index in [1.165, 1.54) is 31.6 Å². The lowest BCUT2D eigenvalue weighted by Gasteiger charge is -2.16. The summed E-state index contributed by atoms with van der Waals surface area (Å²) in [4.78, 5) is 8.62. The fourth-order valence-corrected chi connectivity index (χ4v) is 3.43. The molecule has 0 aliphatic carbocycles. The van der Waals surface area contributed by atoms with Crippen LogP contribution in [-0.4, -0.2) is 54.3 Å². The van der Waals surface area contributed by atoms with Gasteiger partial charge < -0.3 is 24.8 Å². The van der Waals surface area contributed by atoms with Crippen LogP contribution in [0.1, 0.15) is 0 Å². The topological polar surface area (TPSA) is 107 Å². The number of alkyl halides is 3. The number of methoxy groups -OCH3 is 1. The Balaban J connectivity index is 1.76. The minimum absolute atomic E-state index is 0.0728. The van der Waals surface area contributed by atoms with Gasteiger partial charge in [0, 0.05) is 18.9 Å². The largest absolute Gasteiger partial charge is 0.491 e. The Kier molecular flexibility index (Phi) is 9.23. The van der Waals surface area contributed by atoms with Crippen LogP contribution in [0.25, 0.3) is 0 Å². The summed E-state index contributed by atoms with van der Waals surface area (Å²) >= 11 is 0. The van der Waals surface area contributed by atoms with E-state index < -0.39 is 23.8 Å². The van der Waals surface area contributed by atoms with Gasteiger partial charge in [0.25, 0.3) is 0 Å². The summed E-state index contributed by atoms with van der Waals surface area (Å²) in [6.07, 6.45) is -3.22. The standard InChI is InChI=1S/C22H24F3N5O4S/c1-26-35(31)17-7-8-19(34-13-22(23,24)25)18(11-17)30-21-12-20(27-14-28-21)29-15-3-5-16(6-4-15)33-10-9-32-2/h3-8,11-12,14,26H,9-10,13H2,1-2H3,(H2,27,28,29,30). The molecule has 0 fully saturated rings. The number of benzene rings is 2. The van der Waals surface area contributed by atoms with Crippen LogP contribution < -0.4 is 24.8 Å². The Morgan fingerprint density at radius 3 is 2.31 bits per heavy atom. The maximum atomic E-state index is 12.7. The molecule has 0 bridgehead atoms. The average molecular weight is 512 g/mol. The molecule has 3 N–H and O–H groups in total. The number of nitrogens with zero attached hydrogens (tertiary/aromatic N) is 2. The zero-order chi connectivity index (χ0) is 25.3. The van der Waals surface area contributed by atoms with Crippen LogP contribution in [0, 0.1) is 0 Å². The van der Waals surface area contributed by atoms with Gasteiger partial charge in [-0.2, -0.15) is 13.2 Å².